The Balaban J connectivity index is 1.56. The second-order valence-corrected chi connectivity index (χ2v) is 4.86. The van der Waals surface area contributed by atoms with Crippen LogP contribution in [0.5, 0.6) is 0 Å². The fraction of sp³-hybridized carbons (Fsp3) is 0.188. The van der Waals surface area contributed by atoms with Crippen molar-refractivity contribution >= 4 is 16.8 Å². The van der Waals surface area contributed by atoms with E-state index in [-0.39, 0.29) is 5.91 Å². The number of para-hydroxylation sites is 1. The first-order valence-corrected chi connectivity index (χ1v) is 6.76. The summed E-state index contributed by atoms with van der Waals surface area (Å²) in [4.78, 5) is 18.1. The minimum Gasteiger partial charge on any atom is -0.367 e. The van der Waals surface area contributed by atoms with Crippen LogP contribution in [-0.4, -0.2) is 22.4 Å². The van der Waals surface area contributed by atoms with Gasteiger partial charge in [0, 0.05) is 36.0 Å². The van der Waals surface area contributed by atoms with Crippen LogP contribution in [0.25, 0.3) is 10.9 Å². The van der Waals surface area contributed by atoms with E-state index >= 15 is 0 Å². The molecule has 0 fully saturated rings. The molecule has 0 aliphatic rings. The van der Waals surface area contributed by atoms with E-state index in [0.29, 0.717) is 13.0 Å². The van der Waals surface area contributed by atoms with Gasteiger partial charge in [-0.15, -0.1) is 0 Å². The molecule has 0 saturated carbocycles. The molecule has 1 aromatic carbocycles. The lowest BCUT2D eigenvalue weighted by molar-refractivity contribution is -0.120. The molecule has 0 atom stereocenters. The maximum atomic E-state index is 11.9. The standard InChI is InChI=1S/C16H17N3O/c20-16(18-8-6-12-5-7-17-10-12)9-13-11-19-15-4-2-1-3-14(13)15/h1-5,7,10-11,17,19H,6,8-9H2,(H,18,20). The molecule has 0 aliphatic heterocycles. The third-order valence-electron chi connectivity index (χ3n) is 3.42. The molecule has 0 unspecified atom stereocenters. The van der Waals surface area contributed by atoms with Crippen molar-refractivity contribution in [3.63, 3.8) is 0 Å². The van der Waals surface area contributed by atoms with Crippen LogP contribution in [0.1, 0.15) is 11.1 Å². The molecule has 2 aromatic heterocycles. The van der Waals surface area contributed by atoms with Crippen molar-refractivity contribution in [1.29, 1.82) is 0 Å². The summed E-state index contributed by atoms with van der Waals surface area (Å²) in [6.07, 6.45) is 7.02. The fourth-order valence-electron chi connectivity index (χ4n) is 2.37. The SMILES string of the molecule is O=C(Cc1c[nH]c2ccccc12)NCCc1cc[nH]c1. The highest BCUT2D eigenvalue weighted by Crippen LogP contribution is 2.17. The smallest absolute Gasteiger partial charge is 0.224 e. The average molecular weight is 267 g/mol. The van der Waals surface area contributed by atoms with Crippen molar-refractivity contribution in [2.45, 2.75) is 12.8 Å². The van der Waals surface area contributed by atoms with Gasteiger partial charge in [-0.05, 0) is 29.7 Å². The number of carbonyl (C=O) groups is 1. The number of H-pyrrole nitrogens is 2. The molecular weight excluding hydrogens is 250 g/mol. The summed E-state index contributed by atoms with van der Waals surface area (Å²) in [6, 6.07) is 10.0. The maximum Gasteiger partial charge on any atom is 0.224 e. The monoisotopic (exact) mass is 267 g/mol. The highest BCUT2D eigenvalue weighted by Gasteiger charge is 2.08. The van der Waals surface area contributed by atoms with Gasteiger partial charge in [0.05, 0.1) is 6.42 Å². The minimum atomic E-state index is 0.0605. The van der Waals surface area contributed by atoms with E-state index in [1.54, 1.807) is 0 Å². The van der Waals surface area contributed by atoms with Crippen LogP contribution in [0.4, 0.5) is 0 Å². The van der Waals surface area contributed by atoms with E-state index < -0.39 is 0 Å². The summed E-state index contributed by atoms with van der Waals surface area (Å²) in [5.41, 5.74) is 3.32. The van der Waals surface area contributed by atoms with E-state index in [1.807, 2.05) is 48.9 Å². The fourth-order valence-corrected chi connectivity index (χ4v) is 2.37. The van der Waals surface area contributed by atoms with Gasteiger partial charge in [0.1, 0.15) is 0 Å². The summed E-state index contributed by atoms with van der Waals surface area (Å²) < 4.78 is 0. The molecule has 0 aliphatic carbocycles. The van der Waals surface area contributed by atoms with Crippen LogP contribution in [0, 0.1) is 0 Å². The predicted molar refractivity (Wildman–Crippen MR) is 79.5 cm³/mol. The Kier molecular flexibility index (Phi) is 3.54. The van der Waals surface area contributed by atoms with E-state index in [2.05, 4.69) is 15.3 Å². The van der Waals surface area contributed by atoms with Gasteiger partial charge >= 0.3 is 0 Å². The Morgan fingerprint density at radius 3 is 2.90 bits per heavy atom. The Bertz CT molecular complexity index is 697. The molecule has 102 valence electrons. The molecule has 0 saturated heterocycles. The zero-order chi connectivity index (χ0) is 13.8. The molecule has 0 bridgehead atoms. The number of carbonyl (C=O) groups excluding carboxylic acids is 1. The first-order chi connectivity index (χ1) is 9.83. The van der Waals surface area contributed by atoms with E-state index in [1.165, 1.54) is 5.56 Å². The first kappa shape index (κ1) is 12.5. The van der Waals surface area contributed by atoms with Crippen LogP contribution in [0.3, 0.4) is 0 Å². The largest absolute Gasteiger partial charge is 0.367 e. The van der Waals surface area contributed by atoms with Crippen molar-refractivity contribution in [3.05, 3.63) is 60.0 Å². The summed E-state index contributed by atoms with van der Waals surface area (Å²) in [5.74, 6) is 0.0605. The summed E-state index contributed by atoms with van der Waals surface area (Å²) in [7, 11) is 0. The molecule has 0 radical (unpaired) electrons. The van der Waals surface area contributed by atoms with Gasteiger partial charge in [0.2, 0.25) is 5.91 Å². The number of hydrogen-bond acceptors (Lipinski definition) is 1. The topological polar surface area (TPSA) is 60.7 Å². The molecule has 4 nitrogen and oxygen atoms in total. The van der Waals surface area contributed by atoms with Gasteiger partial charge in [-0.25, -0.2) is 0 Å². The number of rotatable bonds is 5. The molecule has 3 rings (SSSR count). The zero-order valence-corrected chi connectivity index (χ0v) is 11.1. The first-order valence-electron chi connectivity index (χ1n) is 6.76. The highest BCUT2D eigenvalue weighted by atomic mass is 16.1. The molecule has 20 heavy (non-hydrogen) atoms. The van der Waals surface area contributed by atoms with E-state index in [4.69, 9.17) is 0 Å². The summed E-state index contributed by atoms with van der Waals surface area (Å²) in [6.45, 7) is 0.666. The average Bonchev–Trinajstić information content (AvgIpc) is 3.09. The van der Waals surface area contributed by atoms with Crippen LogP contribution < -0.4 is 5.32 Å². The number of aromatic nitrogens is 2. The van der Waals surface area contributed by atoms with Gasteiger partial charge in [-0.1, -0.05) is 18.2 Å². The predicted octanol–water partition coefficient (Wildman–Crippen LogP) is 2.40. The normalized spacial score (nSPS) is 10.8. The van der Waals surface area contributed by atoms with Gasteiger partial charge in [-0.2, -0.15) is 0 Å². The van der Waals surface area contributed by atoms with Crippen LogP contribution in [-0.2, 0) is 17.6 Å². The quantitative estimate of drug-likeness (QED) is 0.653. The summed E-state index contributed by atoms with van der Waals surface area (Å²) in [5, 5.41) is 4.08. The number of nitrogens with one attached hydrogen (secondary N) is 3. The van der Waals surface area contributed by atoms with Gasteiger partial charge < -0.3 is 15.3 Å². The number of benzene rings is 1. The third-order valence-corrected chi connectivity index (χ3v) is 3.42. The van der Waals surface area contributed by atoms with Crippen molar-refractivity contribution in [1.82, 2.24) is 15.3 Å². The van der Waals surface area contributed by atoms with Crippen LogP contribution >= 0.6 is 0 Å². The molecule has 0 spiro atoms. The molecule has 2 heterocycles. The van der Waals surface area contributed by atoms with Crippen molar-refractivity contribution in [2.24, 2.45) is 0 Å². The molecule has 3 aromatic rings. The van der Waals surface area contributed by atoms with Crippen molar-refractivity contribution in [2.75, 3.05) is 6.54 Å². The number of hydrogen-bond donors (Lipinski definition) is 3. The zero-order valence-electron chi connectivity index (χ0n) is 11.1. The molecule has 3 N–H and O–H groups in total. The highest BCUT2D eigenvalue weighted by molar-refractivity contribution is 5.88. The van der Waals surface area contributed by atoms with Crippen LogP contribution in [0.15, 0.2) is 48.9 Å². The van der Waals surface area contributed by atoms with E-state index in [0.717, 1.165) is 22.9 Å². The third kappa shape index (κ3) is 2.74. The van der Waals surface area contributed by atoms with Gasteiger partial charge in [0.15, 0.2) is 0 Å². The van der Waals surface area contributed by atoms with Gasteiger partial charge in [0.25, 0.3) is 0 Å². The lowest BCUT2D eigenvalue weighted by atomic mass is 10.1. The number of fused-ring (bicyclic) bond motifs is 1. The number of amides is 1. The van der Waals surface area contributed by atoms with Gasteiger partial charge in [-0.3, -0.25) is 4.79 Å². The number of aromatic amines is 2. The molecular formula is C16H17N3O. The van der Waals surface area contributed by atoms with Crippen molar-refractivity contribution in [3.8, 4) is 0 Å². The Hall–Kier alpha value is -2.49. The molecule has 1 amide bonds. The van der Waals surface area contributed by atoms with Crippen LogP contribution in [0.2, 0.25) is 0 Å². The lowest BCUT2D eigenvalue weighted by Crippen LogP contribution is -2.27. The van der Waals surface area contributed by atoms with E-state index in [9.17, 15) is 4.79 Å². The Labute approximate surface area is 117 Å². The second kappa shape index (κ2) is 5.65. The Morgan fingerprint density at radius 2 is 2.05 bits per heavy atom. The lowest BCUT2D eigenvalue weighted by Gasteiger charge is -2.03. The Morgan fingerprint density at radius 1 is 1.15 bits per heavy atom. The summed E-state index contributed by atoms with van der Waals surface area (Å²) >= 11 is 0. The molecule has 4 heteroatoms. The van der Waals surface area contributed by atoms with Crippen molar-refractivity contribution < 1.29 is 4.79 Å². The second-order valence-electron chi connectivity index (χ2n) is 4.86. The minimum absolute atomic E-state index is 0.0605. The maximum absolute atomic E-state index is 11.9.